The minimum Gasteiger partial charge on any atom is -0.197 e. The molecule has 0 fully saturated rings. The maximum absolute atomic E-state index is 3.88. The van der Waals surface area contributed by atoms with Crippen LogP contribution in [0.3, 0.4) is 0 Å². The highest BCUT2D eigenvalue weighted by Gasteiger charge is 1.90. The lowest BCUT2D eigenvalue weighted by molar-refractivity contribution is 0.576. The molecule has 2 aromatic rings. The monoisotopic (exact) mass is 205 g/mol. The number of H-pyrrole nitrogens is 1. The third-order valence-corrected chi connectivity index (χ3v) is 2.09. The van der Waals surface area contributed by atoms with E-state index in [9.17, 15) is 0 Å². The van der Waals surface area contributed by atoms with Gasteiger partial charge in [-0.3, -0.25) is 0 Å². The molecular weight excluding hydrogens is 186 g/mol. The Hall–Kier alpha value is -1.38. The standard InChI is InChI=1S/C6H5N3.C6H14/c1-2-4-6-5(3-1)7-9-8-6;1-4-5-6(2)3/h1-4H,(H,7,8,9);6H,4-5H2,1-3H3. The first-order valence-corrected chi connectivity index (χ1v) is 5.49. The molecule has 3 nitrogen and oxygen atoms in total. The minimum atomic E-state index is 0.898. The number of hydrogen-bond acceptors (Lipinski definition) is 2. The molecule has 1 aromatic carbocycles. The number of benzene rings is 1. The molecule has 1 heterocycles. The van der Waals surface area contributed by atoms with Gasteiger partial charge in [0, 0.05) is 0 Å². The lowest BCUT2D eigenvalue weighted by Crippen LogP contribution is -1.81. The second-order valence-electron chi connectivity index (χ2n) is 3.99. The number of aromatic amines is 1. The zero-order chi connectivity index (χ0) is 11.1. The van der Waals surface area contributed by atoms with E-state index in [1.807, 2.05) is 24.3 Å². The van der Waals surface area contributed by atoms with Crippen LogP contribution in [0, 0.1) is 5.92 Å². The van der Waals surface area contributed by atoms with Crippen molar-refractivity contribution in [2.45, 2.75) is 33.6 Å². The SMILES string of the molecule is CCCC(C)C.c1ccc2n[nH]nc2c1. The van der Waals surface area contributed by atoms with Crippen molar-refractivity contribution in [2.24, 2.45) is 5.92 Å². The van der Waals surface area contributed by atoms with E-state index in [1.165, 1.54) is 12.8 Å². The van der Waals surface area contributed by atoms with Crippen LogP contribution in [0.1, 0.15) is 33.6 Å². The Bertz CT molecular complexity index is 349. The van der Waals surface area contributed by atoms with E-state index in [0.717, 1.165) is 17.0 Å². The highest BCUT2D eigenvalue weighted by atomic mass is 15.3. The van der Waals surface area contributed by atoms with Gasteiger partial charge in [-0.2, -0.15) is 15.4 Å². The van der Waals surface area contributed by atoms with Crippen LogP contribution in [0.5, 0.6) is 0 Å². The predicted molar refractivity (Wildman–Crippen MR) is 63.6 cm³/mol. The number of nitrogens with zero attached hydrogens (tertiary/aromatic N) is 2. The van der Waals surface area contributed by atoms with Crippen LogP contribution in [0.4, 0.5) is 0 Å². The van der Waals surface area contributed by atoms with Gasteiger partial charge >= 0.3 is 0 Å². The molecule has 0 amide bonds. The van der Waals surface area contributed by atoms with Gasteiger partial charge in [-0.1, -0.05) is 45.7 Å². The molecule has 15 heavy (non-hydrogen) atoms. The summed E-state index contributed by atoms with van der Waals surface area (Å²) in [4.78, 5) is 0. The smallest absolute Gasteiger partial charge is 0.112 e. The van der Waals surface area contributed by atoms with Gasteiger partial charge in [0.05, 0.1) is 0 Å². The summed E-state index contributed by atoms with van der Waals surface area (Å²) in [5.74, 6) is 0.898. The van der Waals surface area contributed by atoms with Crippen LogP contribution in [0.25, 0.3) is 11.0 Å². The number of nitrogens with one attached hydrogen (secondary N) is 1. The first-order valence-electron chi connectivity index (χ1n) is 5.49. The van der Waals surface area contributed by atoms with Crippen molar-refractivity contribution in [3.8, 4) is 0 Å². The van der Waals surface area contributed by atoms with Gasteiger partial charge in [0.1, 0.15) is 11.0 Å². The molecule has 0 aliphatic heterocycles. The van der Waals surface area contributed by atoms with E-state index in [2.05, 4.69) is 36.2 Å². The van der Waals surface area contributed by atoms with Crippen molar-refractivity contribution in [2.75, 3.05) is 0 Å². The fourth-order valence-corrected chi connectivity index (χ4v) is 1.36. The molecular formula is C12H19N3. The molecule has 1 aromatic heterocycles. The van der Waals surface area contributed by atoms with Gasteiger partial charge in [-0.25, -0.2) is 0 Å². The molecule has 2 rings (SSSR count). The fourth-order valence-electron chi connectivity index (χ4n) is 1.36. The minimum absolute atomic E-state index is 0.898. The zero-order valence-electron chi connectivity index (χ0n) is 9.70. The molecule has 1 N–H and O–H groups in total. The largest absolute Gasteiger partial charge is 0.197 e. The van der Waals surface area contributed by atoms with E-state index in [1.54, 1.807) is 0 Å². The molecule has 0 spiro atoms. The van der Waals surface area contributed by atoms with E-state index < -0.39 is 0 Å². The molecule has 0 saturated heterocycles. The van der Waals surface area contributed by atoms with Gasteiger partial charge in [-0.15, -0.1) is 0 Å². The van der Waals surface area contributed by atoms with Crippen molar-refractivity contribution in [3.63, 3.8) is 0 Å². The highest BCUT2D eigenvalue weighted by molar-refractivity contribution is 5.72. The Kier molecular flexibility index (Phi) is 4.81. The summed E-state index contributed by atoms with van der Waals surface area (Å²) < 4.78 is 0. The summed E-state index contributed by atoms with van der Waals surface area (Å²) in [6, 6.07) is 7.70. The molecule has 3 heteroatoms. The number of rotatable bonds is 2. The Labute approximate surface area is 90.9 Å². The second kappa shape index (κ2) is 6.17. The highest BCUT2D eigenvalue weighted by Crippen LogP contribution is 2.03. The van der Waals surface area contributed by atoms with E-state index in [4.69, 9.17) is 0 Å². The summed E-state index contributed by atoms with van der Waals surface area (Å²) >= 11 is 0. The van der Waals surface area contributed by atoms with Gasteiger partial charge < -0.3 is 0 Å². The molecule has 0 aliphatic rings. The maximum atomic E-state index is 3.88. The Balaban J connectivity index is 0.000000167. The summed E-state index contributed by atoms with van der Waals surface area (Å²) in [5.41, 5.74) is 1.83. The Morgan fingerprint density at radius 1 is 1.13 bits per heavy atom. The van der Waals surface area contributed by atoms with Gasteiger partial charge in [0.25, 0.3) is 0 Å². The first-order chi connectivity index (χ1) is 7.24. The van der Waals surface area contributed by atoms with Crippen LogP contribution in [0.15, 0.2) is 24.3 Å². The third kappa shape index (κ3) is 4.11. The molecule has 0 aliphatic carbocycles. The van der Waals surface area contributed by atoms with Crippen molar-refractivity contribution in [1.82, 2.24) is 15.4 Å². The predicted octanol–water partition coefficient (Wildman–Crippen LogP) is 3.40. The zero-order valence-corrected chi connectivity index (χ0v) is 9.70. The molecule has 0 saturated carbocycles. The summed E-state index contributed by atoms with van der Waals surface area (Å²) in [5, 5.41) is 10.3. The average molecular weight is 205 g/mol. The fraction of sp³-hybridized carbons (Fsp3) is 0.500. The lowest BCUT2D eigenvalue weighted by Gasteiger charge is -1.95. The number of fused-ring (bicyclic) bond motifs is 1. The quantitative estimate of drug-likeness (QED) is 0.816. The summed E-state index contributed by atoms with van der Waals surface area (Å²) in [7, 11) is 0. The van der Waals surface area contributed by atoms with Crippen molar-refractivity contribution < 1.29 is 0 Å². The van der Waals surface area contributed by atoms with Gasteiger partial charge in [0.15, 0.2) is 0 Å². The summed E-state index contributed by atoms with van der Waals surface area (Å²) in [6.45, 7) is 6.73. The van der Waals surface area contributed by atoms with Crippen molar-refractivity contribution >= 4 is 11.0 Å². The van der Waals surface area contributed by atoms with Crippen LogP contribution < -0.4 is 0 Å². The number of para-hydroxylation sites is 2. The molecule has 82 valence electrons. The summed E-state index contributed by atoms with van der Waals surface area (Å²) in [6.07, 6.45) is 2.71. The number of hydrogen-bond donors (Lipinski definition) is 1. The van der Waals surface area contributed by atoms with E-state index >= 15 is 0 Å². The molecule has 0 bridgehead atoms. The van der Waals surface area contributed by atoms with Crippen LogP contribution in [0.2, 0.25) is 0 Å². The third-order valence-electron chi connectivity index (χ3n) is 2.09. The topological polar surface area (TPSA) is 41.6 Å². The van der Waals surface area contributed by atoms with Crippen LogP contribution in [-0.2, 0) is 0 Å². The Morgan fingerprint density at radius 2 is 1.67 bits per heavy atom. The van der Waals surface area contributed by atoms with Gasteiger partial charge in [-0.05, 0) is 18.1 Å². The molecule has 0 unspecified atom stereocenters. The molecule has 0 radical (unpaired) electrons. The Morgan fingerprint density at radius 3 is 2.00 bits per heavy atom. The second-order valence-corrected chi connectivity index (χ2v) is 3.99. The maximum Gasteiger partial charge on any atom is 0.112 e. The number of aromatic nitrogens is 3. The lowest BCUT2D eigenvalue weighted by atomic mass is 10.1. The molecule has 0 atom stereocenters. The van der Waals surface area contributed by atoms with E-state index in [-0.39, 0.29) is 0 Å². The average Bonchev–Trinajstić information content (AvgIpc) is 2.65. The van der Waals surface area contributed by atoms with Gasteiger partial charge in [0.2, 0.25) is 0 Å². The van der Waals surface area contributed by atoms with Crippen molar-refractivity contribution in [3.05, 3.63) is 24.3 Å². The normalized spacial score (nSPS) is 10.1. The van der Waals surface area contributed by atoms with Crippen molar-refractivity contribution in [1.29, 1.82) is 0 Å². The van der Waals surface area contributed by atoms with Crippen LogP contribution >= 0.6 is 0 Å². The first kappa shape index (κ1) is 11.7. The van der Waals surface area contributed by atoms with E-state index in [0.29, 0.717) is 0 Å². The van der Waals surface area contributed by atoms with Crippen LogP contribution in [-0.4, -0.2) is 15.4 Å².